The molecule has 2 heteroatoms. The summed E-state index contributed by atoms with van der Waals surface area (Å²) in [6.07, 6.45) is 3.50. The van der Waals surface area contributed by atoms with E-state index in [4.69, 9.17) is 0 Å². The zero-order valence-corrected chi connectivity index (χ0v) is 11.6. The highest BCUT2D eigenvalue weighted by Gasteiger charge is 2.17. The van der Waals surface area contributed by atoms with E-state index in [1.54, 1.807) is 0 Å². The molecule has 1 nitrogen and oxygen atoms in total. The largest absolute Gasteiger partial charge is 0.304 e. The van der Waals surface area contributed by atoms with Crippen molar-refractivity contribution < 1.29 is 0 Å². The van der Waals surface area contributed by atoms with Crippen molar-refractivity contribution in [1.82, 2.24) is 4.90 Å². The number of hydrogen-bond donors (Lipinski definition) is 0. The van der Waals surface area contributed by atoms with Crippen LogP contribution in [0.3, 0.4) is 0 Å². The third-order valence-corrected chi connectivity index (χ3v) is 5.43. The van der Waals surface area contributed by atoms with Crippen LogP contribution < -0.4 is 0 Å². The topological polar surface area (TPSA) is 3.24 Å². The van der Waals surface area contributed by atoms with Gasteiger partial charge in [0.25, 0.3) is 0 Å². The SMILES string of the molecule is CC=C[Si](C)(C)CCN(CC)CCC. The molecule has 0 aromatic carbocycles. The molecular formula is C12H27NSi. The fourth-order valence-electron chi connectivity index (χ4n) is 1.73. The van der Waals surface area contributed by atoms with E-state index in [1.165, 1.54) is 32.1 Å². The van der Waals surface area contributed by atoms with Crippen molar-refractivity contribution in [2.75, 3.05) is 19.6 Å². The molecule has 0 aliphatic rings. The van der Waals surface area contributed by atoms with E-state index in [-0.39, 0.29) is 0 Å². The van der Waals surface area contributed by atoms with Crippen molar-refractivity contribution in [2.24, 2.45) is 0 Å². The zero-order chi connectivity index (χ0) is 11.0. The van der Waals surface area contributed by atoms with Gasteiger partial charge in [-0.3, -0.25) is 0 Å². The zero-order valence-electron chi connectivity index (χ0n) is 10.6. The number of rotatable bonds is 7. The molecular weight excluding hydrogens is 186 g/mol. The lowest BCUT2D eigenvalue weighted by molar-refractivity contribution is 0.303. The van der Waals surface area contributed by atoms with Gasteiger partial charge in [0, 0.05) is 0 Å². The molecule has 0 bridgehead atoms. The molecule has 0 fully saturated rings. The molecule has 14 heavy (non-hydrogen) atoms. The molecule has 0 aliphatic heterocycles. The van der Waals surface area contributed by atoms with Crippen molar-refractivity contribution >= 4 is 8.07 Å². The summed E-state index contributed by atoms with van der Waals surface area (Å²) < 4.78 is 0. The predicted molar refractivity (Wildman–Crippen MR) is 69.5 cm³/mol. The van der Waals surface area contributed by atoms with Gasteiger partial charge >= 0.3 is 0 Å². The van der Waals surface area contributed by atoms with Crippen LogP contribution in [0.5, 0.6) is 0 Å². The molecule has 0 radical (unpaired) electrons. The highest BCUT2D eigenvalue weighted by atomic mass is 28.3. The van der Waals surface area contributed by atoms with Gasteiger partial charge in [-0.2, -0.15) is 0 Å². The van der Waals surface area contributed by atoms with E-state index in [1.807, 2.05) is 0 Å². The summed E-state index contributed by atoms with van der Waals surface area (Å²) in [6.45, 7) is 15.3. The average Bonchev–Trinajstić information content (AvgIpc) is 2.12. The van der Waals surface area contributed by atoms with Gasteiger partial charge < -0.3 is 4.90 Å². The van der Waals surface area contributed by atoms with Crippen LogP contribution in [0.2, 0.25) is 19.1 Å². The minimum Gasteiger partial charge on any atom is -0.304 e. The Morgan fingerprint density at radius 3 is 2.21 bits per heavy atom. The second-order valence-corrected chi connectivity index (χ2v) is 9.48. The minimum absolute atomic E-state index is 1.03. The normalized spacial score (nSPS) is 13.0. The van der Waals surface area contributed by atoms with Crippen LogP contribution in [0.1, 0.15) is 27.2 Å². The molecule has 0 unspecified atom stereocenters. The average molecular weight is 213 g/mol. The molecule has 0 N–H and O–H groups in total. The summed E-state index contributed by atoms with van der Waals surface area (Å²) in [7, 11) is -1.03. The van der Waals surface area contributed by atoms with Gasteiger partial charge in [-0.1, -0.05) is 38.7 Å². The Kier molecular flexibility index (Phi) is 7.20. The summed E-state index contributed by atoms with van der Waals surface area (Å²) >= 11 is 0. The van der Waals surface area contributed by atoms with Crippen molar-refractivity contribution in [3.8, 4) is 0 Å². The van der Waals surface area contributed by atoms with Gasteiger partial charge in [-0.25, -0.2) is 0 Å². The van der Waals surface area contributed by atoms with Crippen molar-refractivity contribution in [3.05, 3.63) is 11.8 Å². The summed E-state index contributed by atoms with van der Waals surface area (Å²) in [5, 5.41) is 0. The quantitative estimate of drug-likeness (QED) is 0.585. The Hall–Kier alpha value is -0.0831. The molecule has 0 saturated heterocycles. The molecule has 0 amide bonds. The van der Waals surface area contributed by atoms with E-state index >= 15 is 0 Å². The molecule has 0 rings (SSSR count). The Morgan fingerprint density at radius 2 is 1.79 bits per heavy atom. The molecule has 0 spiro atoms. The van der Waals surface area contributed by atoms with Gasteiger partial charge in [0.1, 0.15) is 0 Å². The first kappa shape index (κ1) is 13.9. The van der Waals surface area contributed by atoms with E-state index < -0.39 is 8.07 Å². The lowest BCUT2D eigenvalue weighted by Gasteiger charge is -2.24. The van der Waals surface area contributed by atoms with Gasteiger partial charge in [0.05, 0.1) is 8.07 Å². The van der Waals surface area contributed by atoms with Gasteiger partial charge in [0.2, 0.25) is 0 Å². The van der Waals surface area contributed by atoms with Crippen LogP contribution in [0.4, 0.5) is 0 Å². The Morgan fingerprint density at radius 1 is 1.14 bits per heavy atom. The predicted octanol–water partition coefficient (Wildman–Crippen LogP) is 3.54. The summed E-state index contributed by atoms with van der Waals surface area (Å²) in [5.74, 6) is 0. The van der Waals surface area contributed by atoms with Crippen LogP contribution in [-0.4, -0.2) is 32.6 Å². The van der Waals surface area contributed by atoms with Crippen molar-refractivity contribution in [1.29, 1.82) is 0 Å². The number of allylic oxidation sites excluding steroid dienone is 1. The summed E-state index contributed by atoms with van der Waals surface area (Å²) in [4.78, 5) is 2.57. The van der Waals surface area contributed by atoms with Crippen LogP contribution in [0, 0.1) is 0 Å². The maximum atomic E-state index is 2.57. The fourth-order valence-corrected chi connectivity index (χ4v) is 3.69. The van der Waals surface area contributed by atoms with Gasteiger partial charge in [0.15, 0.2) is 0 Å². The van der Waals surface area contributed by atoms with Gasteiger partial charge in [-0.15, -0.1) is 0 Å². The van der Waals surface area contributed by atoms with E-state index in [2.05, 4.69) is 50.5 Å². The second-order valence-electron chi connectivity index (χ2n) is 4.67. The first-order chi connectivity index (χ1) is 6.55. The number of hydrogen-bond acceptors (Lipinski definition) is 1. The lowest BCUT2D eigenvalue weighted by Crippen LogP contribution is -2.32. The molecule has 0 saturated carbocycles. The monoisotopic (exact) mass is 213 g/mol. The lowest BCUT2D eigenvalue weighted by atomic mass is 10.4. The van der Waals surface area contributed by atoms with Gasteiger partial charge in [-0.05, 0) is 39.0 Å². The summed E-state index contributed by atoms with van der Waals surface area (Å²) in [6, 6.07) is 1.39. The Labute approximate surface area is 91.2 Å². The van der Waals surface area contributed by atoms with Crippen molar-refractivity contribution in [2.45, 2.75) is 46.3 Å². The van der Waals surface area contributed by atoms with Crippen molar-refractivity contribution in [3.63, 3.8) is 0 Å². The molecule has 0 heterocycles. The molecule has 0 aliphatic carbocycles. The Bertz CT molecular complexity index is 164. The smallest absolute Gasteiger partial charge is 0.0725 e. The number of nitrogens with zero attached hydrogens (tertiary/aromatic N) is 1. The van der Waals surface area contributed by atoms with E-state index in [0.717, 1.165) is 0 Å². The highest BCUT2D eigenvalue weighted by Crippen LogP contribution is 2.12. The van der Waals surface area contributed by atoms with Crippen LogP contribution in [0.15, 0.2) is 11.8 Å². The van der Waals surface area contributed by atoms with Crippen LogP contribution in [0.25, 0.3) is 0 Å². The maximum absolute atomic E-state index is 2.57. The van der Waals surface area contributed by atoms with E-state index in [0.29, 0.717) is 0 Å². The molecule has 0 atom stereocenters. The first-order valence-corrected chi connectivity index (χ1v) is 9.20. The minimum atomic E-state index is -1.03. The summed E-state index contributed by atoms with van der Waals surface area (Å²) in [5.41, 5.74) is 2.45. The first-order valence-electron chi connectivity index (χ1n) is 5.92. The molecule has 0 aromatic rings. The molecule has 84 valence electrons. The van der Waals surface area contributed by atoms with Crippen LogP contribution >= 0.6 is 0 Å². The third-order valence-electron chi connectivity index (χ3n) is 2.68. The maximum Gasteiger partial charge on any atom is 0.0725 e. The second kappa shape index (κ2) is 7.24. The third kappa shape index (κ3) is 6.38. The Balaban J connectivity index is 3.88. The van der Waals surface area contributed by atoms with E-state index in [9.17, 15) is 0 Å². The fraction of sp³-hybridized carbons (Fsp3) is 0.833. The highest BCUT2D eigenvalue weighted by molar-refractivity contribution is 6.82. The standard InChI is InChI=1S/C12H27NSi/c1-6-9-13(8-3)10-12-14(4,5)11-7-2/h7,11H,6,8-10,12H2,1-5H3. The molecule has 0 aromatic heterocycles. The van der Waals surface area contributed by atoms with Crippen LogP contribution in [-0.2, 0) is 0 Å².